The van der Waals surface area contributed by atoms with Gasteiger partial charge in [-0.05, 0) is 17.7 Å². The number of nitro benzene ring substituents is 1. The molecule has 0 radical (unpaired) electrons. The number of benzene rings is 1. The highest BCUT2D eigenvalue weighted by Gasteiger charge is 2.43. The molecule has 1 N–H and O–H groups in total. The number of urea groups is 1. The lowest BCUT2D eigenvalue weighted by molar-refractivity contribution is -0.384. The van der Waals surface area contributed by atoms with Crippen molar-refractivity contribution < 1.29 is 18.9 Å². The van der Waals surface area contributed by atoms with E-state index in [1.807, 2.05) is 0 Å². The van der Waals surface area contributed by atoms with Crippen molar-refractivity contribution >= 4 is 17.6 Å². The van der Waals surface area contributed by atoms with E-state index in [2.05, 4.69) is 5.32 Å². The topological polar surface area (TPSA) is 109 Å². The summed E-state index contributed by atoms with van der Waals surface area (Å²) >= 11 is 0. The summed E-state index contributed by atoms with van der Waals surface area (Å²) in [5.41, 5.74) is 1.41. The van der Waals surface area contributed by atoms with Gasteiger partial charge in [-0.3, -0.25) is 19.8 Å². The van der Waals surface area contributed by atoms with Gasteiger partial charge in [0.05, 0.1) is 41.6 Å². The quantitative estimate of drug-likeness (QED) is 0.657. The molecule has 0 unspecified atom stereocenters. The van der Waals surface area contributed by atoms with E-state index >= 15 is 0 Å². The molecule has 0 bridgehead atoms. The van der Waals surface area contributed by atoms with E-state index in [1.165, 1.54) is 29.4 Å². The number of furan rings is 1. The molecule has 1 aromatic carbocycles. The number of nitrogens with zero attached hydrogens (tertiary/aromatic N) is 3. The Hall–Kier alpha value is -3.62. The first kappa shape index (κ1) is 16.8. The van der Waals surface area contributed by atoms with Gasteiger partial charge in [0.25, 0.3) is 11.6 Å². The third kappa shape index (κ3) is 2.82. The van der Waals surface area contributed by atoms with Crippen LogP contribution >= 0.6 is 0 Å². The highest BCUT2D eigenvalue weighted by atomic mass is 16.6. The summed E-state index contributed by atoms with van der Waals surface area (Å²) in [6, 6.07) is 8.37. The molecule has 0 aliphatic carbocycles. The molecule has 2 aliphatic heterocycles. The first-order chi connectivity index (χ1) is 13.0. The number of hydrogen-bond acceptors (Lipinski definition) is 5. The number of likely N-dealkylation sites (N-methyl/N-ethyl adjacent to an activating group) is 1. The van der Waals surface area contributed by atoms with Gasteiger partial charge in [-0.1, -0.05) is 12.1 Å². The number of carbonyl (C=O) groups excluding carboxylic acids is 2. The molecule has 2 aromatic rings. The van der Waals surface area contributed by atoms with Crippen molar-refractivity contribution in [3.8, 4) is 0 Å². The van der Waals surface area contributed by atoms with Gasteiger partial charge in [-0.15, -0.1) is 0 Å². The maximum Gasteiger partial charge on any atom is 0.322 e. The summed E-state index contributed by atoms with van der Waals surface area (Å²) in [6.45, 7) is 0.548. The Kier molecular flexibility index (Phi) is 3.91. The van der Waals surface area contributed by atoms with Crippen LogP contribution in [-0.2, 0) is 11.3 Å². The highest BCUT2D eigenvalue weighted by Crippen LogP contribution is 2.36. The molecule has 3 amide bonds. The number of nitrogens with one attached hydrogen (secondary N) is 1. The smallest absolute Gasteiger partial charge is 0.322 e. The van der Waals surface area contributed by atoms with E-state index in [9.17, 15) is 19.7 Å². The van der Waals surface area contributed by atoms with Crippen LogP contribution in [0.2, 0.25) is 0 Å². The lowest BCUT2D eigenvalue weighted by atomic mass is 9.95. The number of hydrogen-bond donors (Lipinski definition) is 1. The SMILES string of the molecule is CN1C(=O)N[C@H](c2cccc([N+](=O)[O-])c2)C2=C1CN(Cc1ccco1)C2=O. The van der Waals surface area contributed by atoms with Crippen molar-refractivity contribution in [3.05, 3.63) is 75.4 Å². The Labute approximate surface area is 154 Å². The number of rotatable bonds is 4. The maximum absolute atomic E-state index is 13.0. The second kappa shape index (κ2) is 6.27. The Morgan fingerprint density at radius 2 is 2.11 bits per heavy atom. The fourth-order valence-electron chi connectivity index (χ4n) is 3.41. The molecule has 0 fully saturated rings. The molecule has 1 atom stereocenters. The maximum atomic E-state index is 13.0. The largest absolute Gasteiger partial charge is 0.467 e. The van der Waals surface area contributed by atoms with Crippen LogP contribution < -0.4 is 5.32 Å². The fraction of sp³-hybridized carbons (Fsp3) is 0.222. The molecule has 0 saturated carbocycles. The van der Waals surface area contributed by atoms with Crippen LogP contribution in [0.3, 0.4) is 0 Å². The molecule has 1 aromatic heterocycles. The van der Waals surface area contributed by atoms with Gasteiger partial charge < -0.3 is 14.6 Å². The summed E-state index contributed by atoms with van der Waals surface area (Å²) in [7, 11) is 1.60. The molecule has 0 saturated heterocycles. The summed E-state index contributed by atoms with van der Waals surface area (Å²) < 4.78 is 5.32. The third-order valence-corrected chi connectivity index (χ3v) is 4.78. The lowest BCUT2D eigenvalue weighted by Gasteiger charge is -2.31. The van der Waals surface area contributed by atoms with Crippen molar-refractivity contribution in [2.45, 2.75) is 12.6 Å². The van der Waals surface area contributed by atoms with Crippen LogP contribution in [-0.4, -0.2) is 40.3 Å². The summed E-state index contributed by atoms with van der Waals surface area (Å²) in [4.78, 5) is 39.0. The van der Waals surface area contributed by atoms with Gasteiger partial charge >= 0.3 is 6.03 Å². The number of amides is 3. The van der Waals surface area contributed by atoms with Gasteiger partial charge in [0.1, 0.15) is 5.76 Å². The van der Waals surface area contributed by atoms with Crippen molar-refractivity contribution in [2.24, 2.45) is 0 Å². The van der Waals surface area contributed by atoms with Gasteiger partial charge in [0.15, 0.2) is 0 Å². The number of non-ortho nitro benzene ring substituents is 1. The third-order valence-electron chi connectivity index (χ3n) is 4.78. The van der Waals surface area contributed by atoms with Gasteiger partial charge in [-0.2, -0.15) is 0 Å². The van der Waals surface area contributed by atoms with Gasteiger partial charge in [0.2, 0.25) is 0 Å². The molecular formula is C18H16N4O5. The summed E-state index contributed by atoms with van der Waals surface area (Å²) in [5, 5.41) is 13.9. The second-order valence-corrected chi connectivity index (χ2v) is 6.39. The van der Waals surface area contributed by atoms with Crippen molar-refractivity contribution in [1.82, 2.24) is 15.1 Å². The Morgan fingerprint density at radius 3 is 2.81 bits per heavy atom. The molecule has 9 heteroatoms. The minimum Gasteiger partial charge on any atom is -0.467 e. The standard InChI is InChI=1S/C18H16N4O5/c1-20-14-10-21(9-13-6-3-7-27-13)17(23)15(14)16(19-18(20)24)11-4-2-5-12(8-11)22(25)26/h2-8,16H,9-10H2,1H3,(H,19,24)/t16-/m1/s1. The minimum absolute atomic E-state index is 0.0966. The molecule has 4 rings (SSSR count). The van der Waals surface area contributed by atoms with E-state index in [1.54, 1.807) is 30.1 Å². The molecule has 138 valence electrons. The fourth-order valence-corrected chi connectivity index (χ4v) is 3.41. The zero-order valence-electron chi connectivity index (χ0n) is 14.4. The summed E-state index contributed by atoms with van der Waals surface area (Å²) in [5.74, 6) is 0.404. The van der Waals surface area contributed by atoms with E-state index in [0.717, 1.165) is 0 Å². The molecule has 2 aliphatic rings. The van der Waals surface area contributed by atoms with Crippen LogP contribution in [0, 0.1) is 10.1 Å². The van der Waals surface area contributed by atoms with Crippen molar-refractivity contribution in [3.63, 3.8) is 0 Å². The van der Waals surface area contributed by atoms with E-state index in [-0.39, 0.29) is 30.7 Å². The molecule has 0 spiro atoms. The van der Waals surface area contributed by atoms with E-state index in [4.69, 9.17) is 4.42 Å². The lowest BCUT2D eigenvalue weighted by Crippen LogP contribution is -2.45. The predicted molar refractivity (Wildman–Crippen MR) is 93.3 cm³/mol. The average Bonchev–Trinajstić information content (AvgIpc) is 3.28. The normalized spacial score (nSPS) is 19.4. The van der Waals surface area contributed by atoms with E-state index < -0.39 is 11.0 Å². The van der Waals surface area contributed by atoms with Crippen LogP contribution in [0.15, 0.2) is 58.3 Å². The van der Waals surface area contributed by atoms with Gasteiger partial charge in [-0.25, -0.2) is 4.79 Å². The minimum atomic E-state index is -0.738. The van der Waals surface area contributed by atoms with Crippen LogP contribution in [0.1, 0.15) is 17.4 Å². The predicted octanol–water partition coefficient (Wildman–Crippen LogP) is 2.18. The highest BCUT2D eigenvalue weighted by molar-refractivity contribution is 6.01. The summed E-state index contributed by atoms with van der Waals surface area (Å²) in [6.07, 6.45) is 1.53. The molecule has 27 heavy (non-hydrogen) atoms. The second-order valence-electron chi connectivity index (χ2n) is 6.39. The van der Waals surface area contributed by atoms with Crippen molar-refractivity contribution in [1.29, 1.82) is 0 Å². The molecular weight excluding hydrogens is 352 g/mol. The van der Waals surface area contributed by atoms with E-state index in [0.29, 0.717) is 22.6 Å². The zero-order valence-corrected chi connectivity index (χ0v) is 14.4. The average molecular weight is 368 g/mol. The number of carbonyl (C=O) groups is 2. The first-order valence-electron chi connectivity index (χ1n) is 8.29. The zero-order chi connectivity index (χ0) is 19.1. The Morgan fingerprint density at radius 1 is 1.30 bits per heavy atom. The molecule has 3 heterocycles. The monoisotopic (exact) mass is 368 g/mol. The van der Waals surface area contributed by atoms with Crippen LogP contribution in [0.4, 0.5) is 10.5 Å². The first-order valence-corrected chi connectivity index (χ1v) is 8.29. The Balaban J connectivity index is 1.71. The molecule has 9 nitrogen and oxygen atoms in total. The van der Waals surface area contributed by atoms with Crippen molar-refractivity contribution in [2.75, 3.05) is 13.6 Å². The van der Waals surface area contributed by atoms with Crippen LogP contribution in [0.5, 0.6) is 0 Å². The van der Waals surface area contributed by atoms with Crippen LogP contribution in [0.25, 0.3) is 0 Å². The van der Waals surface area contributed by atoms with Gasteiger partial charge in [0, 0.05) is 19.2 Å². The Bertz CT molecular complexity index is 966. The number of nitro groups is 1.